The molecule has 1 unspecified atom stereocenters. The van der Waals surface area contributed by atoms with Crippen molar-refractivity contribution in [1.82, 2.24) is 0 Å². The summed E-state index contributed by atoms with van der Waals surface area (Å²) >= 11 is 0. The lowest BCUT2D eigenvalue weighted by Crippen LogP contribution is -2.25. The second-order valence-corrected chi connectivity index (χ2v) is 8.50. The van der Waals surface area contributed by atoms with Gasteiger partial charge in [0.25, 0.3) is 0 Å². The molecule has 2 rings (SSSR count). The zero-order chi connectivity index (χ0) is 12.0. The van der Waals surface area contributed by atoms with Gasteiger partial charge in [-0.1, -0.05) is 47.6 Å². The molecule has 0 amide bonds. The van der Waals surface area contributed by atoms with E-state index in [1.54, 1.807) is 0 Å². The second-order valence-electron chi connectivity index (χ2n) is 6.21. The molecular weight excluding hydrogens is 215 g/mol. The summed E-state index contributed by atoms with van der Waals surface area (Å²) in [4.78, 5) is 0. The molecule has 1 heterocycles. The predicted octanol–water partition coefficient (Wildman–Crippen LogP) is 3.50. The van der Waals surface area contributed by atoms with Crippen LogP contribution in [0.25, 0.3) is 0 Å². The Balaban J connectivity index is 2.34. The van der Waals surface area contributed by atoms with Gasteiger partial charge in [0.05, 0.1) is 0 Å². The average molecular weight is 236 g/mol. The molecule has 1 aromatic rings. The fraction of sp³-hybridized carbons (Fsp3) is 0.571. The molecule has 0 saturated heterocycles. The van der Waals surface area contributed by atoms with E-state index < -0.39 is 0 Å². The Bertz CT molecular complexity index is 402. The first kappa shape index (κ1) is 11.9. The molecule has 1 aliphatic rings. The maximum absolute atomic E-state index is 6.08. The van der Waals surface area contributed by atoms with Gasteiger partial charge in [-0.2, -0.15) is 0 Å². The van der Waals surface area contributed by atoms with Gasteiger partial charge >= 0.3 is 0 Å². The zero-order valence-corrected chi connectivity index (χ0v) is 11.8. The monoisotopic (exact) mass is 236 g/mol. The molecule has 88 valence electrons. The van der Waals surface area contributed by atoms with Crippen molar-refractivity contribution in [2.45, 2.75) is 51.8 Å². The molecule has 0 fully saturated rings. The van der Waals surface area contributed by atoms with Crippen LogP contribution in [0.15, 0.2) is 18.2 Å². The Morgan fingerprint density at radius 3 is 2.56 bits per heavy atom. The highest BCUT2D eigenvalue weighted by Gasteiger charge is 2.32. The standard InChI is InChI=1S/C14H21OP/c1-13(2,3)16-11-8-6-7-10-9-14(4,5)15-12(10)11/h6-8,16H,9H2,1-5H3. The SMILES string of the molecule is CC1(C)Cc2cccc(PC(C)(C)C)c2O1. The maximum Gasteiger partial charge on any atom is 0.130 e. The summed E-state index contributed by atoms with van der Waals surface area (Å²) in [5.41, 5.74) is 1.35. The van der Waals surface area contributed by atoms with Crippen LogP contribution in [0.4, 0.5) is 0 Å². The van der Waals surface area contributed by atoms with Gasteiger partial charge in [-0.15, -0.1) is 0 Å². The highest BCUT2D eigenvalue weighted by molar-refractivity contribution is 7.49. The first-order chi connectivity index (χ1) is 7.27. The van der Waals surface area contributed by atoms with E-state index in [0.29, 0.717) is 5.16 Å². The summed E-state index contributed by atoms with van der Waals surface area (Å²) in [5, 5.41) is 1.72. The van der Waals surface area contributed by atoms with Crippen LogP contribution in [0.3, 0.4) is 0 Å². The lowest BCUT2D eigenvalue weighted by atomic mass is 10.0. The summed E-state index contributed by atoms with van der Waals surface area (Å²) in [7, 11) is 0.807. The molecule has 0 bridgehead atoms. The topological polar surface area (TPSA) is 9.23 Å². The summed E-state index contributed by atoms with van der Waals surface area (Å²) in [6, 6.07) is 6.57. The molecule has 0 radical (unpaired) electrons. The van der Waals surface area contributed by atoms with Crippen molar-refractivity contribution in [3.05, 3.63) is 23.8 Å². The minimum atomic E-state index is -0.0270. The van der Waals surface area contributed by atoms with Gasteiger partial charge in [-0.05, 0) is 24.6 Å². The van der Waals surface area contributed by atoms with Gasteiger partial charge in [-0.3, -0.25) is 0 Å². The summed E-state index contributed by atoms with van der Waals surface area (Å²) in [5.74, 6) is 1.15. The third-order valence-electron chi connectivity index (χ3n) is 2.60. The van der Waals surface area contributed by atoms with E-state index in [4.69, 9.17) is 4.74 Å². The van der Waals surface area contributed by atoms with Gasteiger partial charge in [0, 0.05) is 11.7 Å². The van der Waals surface area contributed by atoms with Gasteiger partial charge in [0.2, 0.25) is 0 Å². The van der Waals surface area contributed by atoms with Crippen LogP contribution in [0.1, 0.15) is 40.2 Å². The van der Waals surface area contributed by atoms with Crippen molar-refractivity contribution in [1.29, 1.82) is 0 Å². The van der Waals surface area contributed by atoms with E-state index in [1.807, 2.05) is 0 Å². The zero-order valence-electron chi connectivity index (χ0n) is 10.8. The van der Waals surface area contributed by atoms with Crippen LogP contribution in [-0.2, 0) is 6.42 Å². The molecule has 16 heavy (non-hydrogen) atoms. The van der Waals surface area contributed by atoms with E-state index >= 15 is 0 Å². The summed E-state index contributed by atoms with van der Waals surface area (Å²) in [6.45, 7) is 11.2. The van der Waals surface area contributed by atoms with Crippen molar-refractivity contribution >= 4 is 13.9 Å². The van der Waals surface area contributed by atoms with Crippen LogP contribution in [0.5, 0.6) is 5.75 Å². The van der Waals surface area contributed by atoms with E-state index in [0.717, 1.165) is 20.8 Å². The number of ether oxygens (including phenoxy) is 1. The molecule has 1 atom stereocenters. The third-order valence-corrected chi connectivity index (χ3v) is 4.01. The molecule has 0 saturated carbocycles. The lowest BCUT2D eigenvalue weighted by molar-refractivity contribution is 0.140. The molecular formula is C14H21OP. The van der Waals surface area contributed by atoms with Crippen molar-refractivity contribution in [2.24, 2.45) is 0 Å². The molecule has 1 nitrogen and oxygen atoms in total. The second kappa shape index (κ2) is 3.74. The average Bonchev–Trinajstić information content (AvgIpc) is 2.37. The Kier molecular flexibility index (Phi) is 2.78. The Morgan fingerprint density at radius 2 is 1.94 bits per heavy atom. The smallest absolute Gasteiger partial charge is 0.130 e. The molecule has 0 spiro atoms. The first-order valence-electron chi connectivity index (χ1n) is 5.86. The quantitative estimate of drug-likeness (QED) is 0.678. The minimum Gasteiger partial charge on any atom is -0.487 e. The van der Waals surface area contributed by atoms with Crippen molar-refractivity contribution in [3.63, 3.8) is 0 Å². The van der Waals surface area contributed by atoms with Crippen LogP contribution in [-0.4, -0.2) is 10.8 Å². The van der Waals surface area contributed by atoms with E-state index in [9.17, 15) is 0 Å². The number of benzene rings is 1. The molecule has 1 aliphatic heterocycles. The van der Waals surface area contributed by atoms with E-state index in [-0.39, 0.29) is 5.60 Å². The van der Waals surface area contributed by atoms with Crippen molar-refractivity contribution in [3.8, 4) is 5.75 Å². The largest absolute Gasteiger partial charge is 0.487 e. The van der Waals surface area contributed by atoms with Crippen molar-refractivity contribution < 1.29 is 4.74 Å². The number of hydrogen-bond donors (Lipinski definition) is 0. The van der Waals surface area contributed by atoms with E-state index in [2.05, 4.69) is 52.8 Å². The van der Waals surface area contributed by atoms with Crippen LogP contribution in [0.2, 0.25) is 0 Å². The number of fused-ring (bicyclic) bond motifs is 1. The highest BCUT2D eigenvalue weighted by Crippen LogP contribution is 2.39. The maximum atomic E-state index is 6.08. The van der Waals surface area contributed by atoms with Gasteiger partial charge in [0.15, 0.2) is 0 Å². The lowest BCUT2D eigenvalue weighted by Gasteiger charge is -2.22. The number of para-hydroxylation sites is 1. The minimum absolute atomic E-state index is 0.0270. The van der Waals surface area contributed by atoms with Gasteiger partial charge in [-0.25, -0.2) is 0 Å². The molecule has 1 aromatic carbocycles. The summed E-state index contributed by atoms with van der Waals surface area (Å²) < 4.78 is 6.08. The van der Waals surface area contributed by atoms with Crippen molar-refractivity contribution in [2.75, 3.05) is 0 Å². The number of rotatable bonds is 1. The van der Waals surface area contributed by atoms with Crippen LogP contribution < -0.4 is 10.0 Å². The third kappa shape index (κ3) is 2.58. The fourth-order valence-corrected chi connectivity index (χ4v) is 3.43. The number of hydrogen-bond acceptors (Lipinski definition) is 1. The molecule has 0 aromatic heterocycles. The normalized spacial score (nSPS) is 18.8. The molecule has 2 heteroatoms. The summed E-state index contributed by atoms with van der Waals surface area (Å²) in [6.07, 6.45) is 1.03. The van der Waals surface area contributed by atoms with Crippen LogP contribution >= 0.6 is 8.58 Å². The Labute approximate surface area is 100 Å². The van der Waals surface area contributed by atoms with Gasteiger partial charge in [0.1, 0.15) is 11.4 Å². The molecule has 0 N–H and O–H groups in total. The fourth-order valence-electron chi connectivity index (χ4n) is 2.12. The predicted molar refractivity (Wildman–Crippen MR) is 72.6 cm³/mol. The Hall–Kier alpha value is -0.550. The Morgan fingerprint density at radius 1 is 1.25 bits per heavy atom. The van der Waals surface area contributed by atoms with E-state index in [1.165, 1.54) is 10.9 Å². The first-order valence-corrected chi connectivity index (χ1v) is 6.86. The van der Waals surface area contributed by atoms with Gasteiger partial charge < -0.3 is 4.74 Å². The molecule has 0 aliphatic carbocycles. The highest BCUT2D eigenvalue weighted by atomic mass is 31.1. The van der Waals surface area contributed by atoms with Crippen LogP contribution in [0, 0.1) is 0 Å².